The van der Waals surface area contributed by atoms with Gasteiger partial charge in [0.15, 0.2) is 12.1 Å². The van der Waals surface area contributed by atoms with Crippen molar-refractivity contribution in [2.45, 2.75) is 13.3 Å². The Kier molecular flexibility index (Phi) is 3.01. The van der Waals surface area contributed by atoms with Gasteiger partial charge in [-0.2, -0.15) is 0 Å². The zero-order valence-electron chi connectivity index (χ0n) is 7.33. The molecule has 3 nitrogen and oxygen atoms in total. The lowest BCUT2D eigenvalue weighted by Crippen LogP contribution is -2.02. The number of ketones is 1. The van der Waals surface area contributed by atoms with Crippen molar-refractivity contribution in [3.63, 3.8) is 0 Å². The largest absolute Gasteiger partial charge is 0.296 e. The van der Waals surface area contributed by atoms with Crippen LogP contribution in [-0.2, 0) is 0 Å². The van der Waals surface area contributed by atoms with Gasteiger partial charge in [-0.3, -0.25) is 14.6 Å². The Morgan fingerprint density at radius 3 is 2.64 bits per heavy atom. The van der Waals surface area contributed by atoms with E-state index in [0.29, 0.717) is 0 Å². The van der Waals surface area contributed by atoms with Crippen LogP contribution in [0.1, 0.15) is 39.8 Å². The molecule has 0 unspecified atom stereocenters. The monoisotopic (exact) mass is 199 g/mol. The molecule has 1 rings (SSSR count). The van der Waals surface area contributed by atoms with E-state index in [1.165, 1.54) is 6.92 Å². The average Bonchev–Trinajstić information content (AvgIpc) is 2.16. The molecule has 0 aliphatic rings. The summed E-state index contributed by atoms with van der Waals surface area (Å²) in [4.78, 5) is 24.6. The van der Waals surface area contributed by atoms with E-state index in [2.05, 4.69) is 4.98 Å². The predicted molar refractivity (Wildman–Crippen MR) is 44.6 cm³/mol. The second kappa shape index (κ2) is 4.04. The zero-order chi connectivity index (χ0) is 10.7. The minimum atomic E-state index is -2.80. The fraction of sp³-hybridized carbons (Fsp3) is 0.222. The maximum absolute atomic E-state index is 12.3. The minimum absolute atomic E-state index is 0.0749. The summed E-state index contributed by atoms with van der Waals surface area (Å²) in [5, 5.41) is 0. The van der Waals surface area contributed by atoms with E-state index in [1.807, 2.05) is 0 Å². The summed E-state index contributed by atoms with van der Waals surface area (Å²) in [6, 6.07) is 0.990. The van der Waals surface area contributed by atoms with Crippen LogP contribution in [0.3, 0.4) is 0 Å². The Labute approximate surface area is 78.8 Å². The maximum atomic E-state index is 12.3. The highest BCUT2D eigenvalue weighted by molar-refractivity contribution is 5.94. The predicted octanol–water partition coefficient (Wildman–Crippen LogP) is 2.03. The molecule has 0 aliphatic heterocycles. The minimum Gasteiger partial charge on any atom is -0.296 e. The Morgan fingerprint density at radius 2 is 2.21 bits per heavy atom. The molecule has 0 bridgehead atoms. The second-order valence-corrected chi connectivity index (χ2v) is 2.67. The number of hydrogen-bond acceptors (Lipinski definition) is 3. The fourth-order valence-corrected chi connectivity index (χ4v) is 0.958. The molecule has 5 heteroatoms. The molecule has 0 aliphatic carbocycles. The molecule has 1 aromatic heterocycles. The SMILES string of the molecule is CC(=O)c1cnc(C=O)c(C(F)F)c1. The van der Waals surface area contributed by atoms with Crippen LogP contribution < -0.4 is 0 Å². The van der Waals surface area contributed by atoms with Gasteiger partial charge in [-0.25, -0.2) is 8.78 Å². The smallest absolute Gasteiger partial charge is 0.266 e. The van der Waals surface area contributed by atoms with Crippen LogP contribution >= 0.6 is 0 Å². The van der Waals surface area contributed by atoms with Crippen LogP contribution in [0.2, 0.25) is 0 Å². The first kappa shape index (κ1) is 10.4. The topological polar surface area (TPSA) is 47.0 Å². The van der Waals surface area contributed by atoms with Gasteiger partial charge >= 0.3 is 0 Å². The molecule has 0 N–H and O–H groups in total. The summed E-state index contributed by atoms with van der Waals surface area (Å²) in [6.45, 7) is 1.24. The third-order valence-corrected chi connectivity index (χ3v) is 1.70. The summed E-state index contributed by atoms with van der Waals surface area (Å²) < 4.78 is 24.7. The Hall–Kier alpha value is -1.65. The highest BCUT2D eigenvalue weighted by Crippen LogP contribution is 2.21. The van der Waals surface area contributed by atoms with E-state index < -0.39 is 12.0 Å². The van der Waals surface area contributed by atoms with Gasteiger partial charge in [0.1, 0.15) is 5.69 Å². The molecule has 0 amide bonds. The molecule has 0 saturated carbocycles. The first-order chi connectivity index (χ1) is 6.56. The number of alkyl halides is 2. The molecular weight excluding hydrogens is 192 g/mol. The Balaban J connectivity index is 3.27. The van der Waals surface area contributed by atoms with Gasteiger partial charge in [-0.15, -0.1) is 0 Å². The summed E-state index contributed by atoms with van der Waals surface area (Å²) in [5.41, 5.74) is -0.761. The number of aldehydes is 1. The van der Waals surface area contributed by atoms with Gasteiger partial charge in [-0.05, 0) is 13.0 Å². The zero-order valence-corrected chi connectivity index (χ0v) is 7.33. The summed E-state index contributed by atoms with van der Waals surface area (Å²) in [7, 11) is 0. The molecule has 0 spiro atoms. The van der Waals surface area contributed by atoms with Crippen molar-refractivity contribution in [3.8, 4) is 0 Å². The highest BCUT2D eigenvalue weighted by atomic mass is 19.3. The van der Waals surface area contributed by atoms with Crippen LogP contribution in [0.5, 0.6) is 0 Å². The Bertz CT molecular complexity index is 377. The van der Waals surface area contributed by atoms with E-state index in [0.717, 1.165) is 12.3 Å². The molecule has 74 valence electrons. The fourth-order valence-electron chi connectivity index (χ4n) is 0.958. The van der Waals surface area contributed by atoms with E-state index in [-0.39, 0.29) is 23.3 Å². The lowest BCUT2D eigenvalue weighted by Gasteiger charge is -2.03. The van der Waals surface area contributed by atoms with Crippen LogP contribution in [0.15, 0.2) is 12.3 Å². The van der Waals surface area contributed by atoms with E-state index in [9.17, 15) is 18.4 Å². The third kappa shape index (κ3) is 1.99. The normalized spacial score (nSPS) is 10.3. The van der Waals surface area contributed by atoms with Crippen molar-refractivity contribution >= 4 is 12.1 Å². The molecule has 0 saturated heterocycles. The molecular formula is C9H7F2NO2. The van der Waals surface area contributed by atoms with E-state index >= 15 is 0 Å². The summed E-state index contributed by atoms with van der Waals surface area (Å²) in [6.07, 6.45) is -1.45. The lowest BCUT2D eigenvalue weighted by molar-refractivity contribution is 0.101. The number of aromatic nitrogens is 1. The maximum Gasteiger partial charge on any atom is 0.266 e. The summed E-state index contributed by atoms with van der Waals surface area (Å²) >= 11 is 0. The first-order valence-corrected chi connectivity index (χ1v) is 3.80. The van der Waals surface area contributed by atoms with Crippen molar-refractivity contribution in [1.29, 1.82) is 0 Å². The first-order valence-electron chi connectivity index (χ1n) is 3.80. The van der Waals surface area contributed by atoms with Crippen molar-refractivity contribution in [3.05, 3.63) is 29.1 Å². The van der Waals surface area contributed by atoms with E-state index in [1.54, 1.807) is 0 Å². The van der Waals surface area contributed by atoms with Gasteiger partial charge < -0.3 is 0 Å². The second-order valence-electron chi connectivity index (χ2n) is 2.67. The van der Waals surface area contributed by atoms with Crippen LogP contribution in [0.25, 0.3) is 0 Å². The van der Waals surface area contributed by atoms with Crippen molar-refractivity contribution in [2.24, 2.45) is 0 Å². The number of carbonyl (C=O) groups is 2. The Morgan fingerprint density at radius 1 is 1.57 bits per heavy atom. The molecule has 0 atom stereocenters. The molecule has 1 heterocycles. The van der Waals surface area contributed by atoms with Crippen molar-refractivity contribution < 1.29 is 18.4 Å². The van der Waals surface area contributed by atoms with Crippen LogP contribution in [0.4, 0.5) is 8.78 Å². The number of nitrogens with zero attached hydrogens (tertiary/aromatic N) is 1. The molecule has 0 fully saturated rings. The molecule has 0 aromatic carbocycles. The van der Waals surface area contributed by atoms with Crippen LogP contribution in [0, 0.1) is 0 Å². The average molecular weight is 199 g/mol. The lowest BCUT2D eigenvalue weighted by atomic mass is 10.1. The molecule has 14 heavy (non-hydrogen) atoms. The van der Waals surface area contributed by atoms with E-state index in [4.69, 9.17) is 0 Å². The van der Waals surface area contributed by atoms with Gasteiger partial charge in [0.25, 0.3) is 6.43 Å². The number of halogens is 2. The number of rotatable bonds is 3. The van der Waals surface area contributed by atoms with Gasteiger partial charge in [-0.1, -0.05) is 0 Å². The molecule has 0 radical (unpaired) electrons. The number of carbonyl (C=O) groups excluding carboxylic acids is 2. The number of hydrogen-bond donors (Lipinski definition) is 0. The van der Waals surface area contributed by atoms with Crippen molar-refractivity contribution in [2.75, 3.05) is 0 Å². The van der Waals surface area contributed by atoms with Gasteiger partial charge in [0.2, 0.25) is 0 Å². The van der Waals surface area contributed by atoms with Crippen LogP contribution in [-0.4, -0.2) is 17.1 Å². The summed E-state index contributed by atoms with van der Waals surface area (Å²) in [5.74, 6) is -0.364. The third-order valence-electron chi connectivity index (χ3n) is 1.70. The number of Topliss-reactive ketones (excluding diaryl/α,β-unsaturated/α-hetero) is 1. The van der Waals surface area contributed by atoms with Gasteiger partial charge in [0, 0.05) is 17.3 Å². The quantitative estimate of drug-likeness (QED) is 0.552. The molecule has 1 aromatic rings. The number of pyridine rings is 1. The van der Waals surface area contributed by atoms with Crippen molar-refractivity contribution in [1.82, 2.24) is 4.98 Å². The highest BCUT2D eigenvalue weighted by Gasteiger charge is 2.15. The van der Waals surface area contributed by atoms with Gasteiger partial charge in [0.05, 0.1) is 0 Å². The standard InChI is InChI=1S/C9H7F2NO2/c1-5(14)6-2-7(9(10)11)8(4-13)12-3-6/h2-4,9H,1H3.